The number of hydrogen-bond acceptors (Lipinski definition) is 4. The van der Waals surface area contributed by atoms with E-state index in [1.54, 1.807) is 6.92 Å². The van der Waals surface area contributed by atoms with Gasteiger partial charge in [-0.25, -0.2) is 8.42 Å². The highest BCUT2D eigenvalue weighted by Crippen LogP contribution is 2.28. The fraction of sp³-hybridized carbons (Fsp3) is 0.538. The highest BCUT2D eigenvalue weighted by Gasteiger charge is 2.31. The molecule has 0 spiro atoms. The molecule has 0 bridgehead atoms. The number of aliphatic hydroxyl groups is 1. The molecule has 112 valence electrons. The molecule has 2 rings (SSSR count). The van der Waals surface area contributed by atoms with Crippen LogP contribution in [-0.2, 0) is 10.0 Å². The minimum Gasteiger partial charge on any atom is -0.398 e. The van der Waals surface area contributed by atoms with Gasteiger partial charge in [0.1, 0.15) is 0 Å². The average molecular weight is 319 g/mol. The molecule has 1 heterocycles. The summed E-state index contributed by atoms with van der Waals surface area (Å²) in [4.78, 5) is 0.137. The van der Waals surface area contributed by atoms with Gasteiger partial charge in [-0.05, 0) is 44.4 Å². The van der Waals surface area contributed by atoms with Gasteiger partial charge in [-0.3, -0.25) is 0 Å². The zero-order valence-corrected chi connectivity index (χ0v) is 12.9. The lowest BCUT2D eigenvalue weighted by Gasteiger charge is -2.22. The molecular formula is C13H19ClN2O3S. The Morgan fingerprint density at radius 2 is 2.05 bits per heavy atom. The number of rotatable bonds is 2. The van der Waals surface area contributed by atoms with Crippen molar-refractivity contribution in [1.82, 2.24) is 4.31 Å². The monoisotopic (exact) mass is 318 g/mol. The predicted octanol–water partition coefficient (Wildman–Crippen LogP) is 1.85. The third-order valence-electron chi connectivity index (χ3n) is 3.63. The molecule has 3 N–H and O–H groups in total. The molecular weight excluding hydrogens is 300 g/mol. The van der Waals surface area contributed by atoms with Gasteiger partial charge in [0.25, 0.3) is 0 Å². The third kappa shape index (κ3) is 3.25. The van der Waals surface area contributed by atoms with Crippen molar-refractivity contribution < 1.29 is 13.5 Å². The van der Waals surface area contributed by atoms with E-state index in [9.17, 15) is 13.5 Å². The first-order valence-electron chi connectivity index (χ1n) is 6.50. The maximum absolute atomic E-state index is 12.6. The number of hydrogen-bond donors (Lipinski definition) is 2. The molecule has 20 heavy (non-hydrogen) atoms. The Morgan fingerprint density at radius 1 is 1.35 bits per heavy atom. The van der Waals surface area contributed by atoms with E-state index in [2.05, 4.69) is 0 Å². The van der Waals surface area contributed by atoms with E-state index < -0.39 is 15.6 Å². The highest BCUT2D eigenvalue weighted by molar-refractivity contribution is 7.89. The van der Waals surface area contributed by atoms with Gasteiger partial charge in [-0.15, -0.1) is 0 Å². The van der Waals surface area contributed by atoms with Crippen LogP contribution in [0.25, 0.3) is 0 Å². The molecule has 0 radical (unpaired) electrons. The van der Waals surface area contributed by atoms with Crippen LogP contribution in [0.2, 0.25) is 5.02 Å². The maximum Gasteiger partial charge on any atom is 0.243 e. The molecule has 7 heteroatoms. The average Bonchev–Trinajstić information content (AvgIpc) is 2.54. The molecule has 0 aliphatic carbocycles. The van der Waals surface area contributed by atoms with E-state index >= 15 is 0 Å². The summed E-state index contributed by atoms with van der Waals surface area (Å²) in [6, 6.07) is 4.32. The molecule has 1 fully saturated rings. The minimum absolute atomic E-state index is 0.137. The Labute approximate surface area is 124 Å². The zero-order chi connectivity index (χ0) is 15.0. The fourth-order valence-corrected chi connectivity index (χ4v) is 4.05. The van der Waals surface area contributed by atoms with E-state index in [1.165, 1.54) is 22.5 Å². The van der Waals surface area contributed by atoms with Gasteiger partial charge in [0.2, 0.25) is 10.0 Å². The second-order valence-electron chi connectivity index (χ2n) is 5.44. The van der Waals surface area contributed by atoms with Crippen molar-refractivity contribution in [1.29, 1.82) is 0 Å². The van der Waals surface area contributed by atoms with Crippen molar-refractivity contribution in [2.45, 2.75) is 36.7 Å². The number of nitrogens with zero attached hydrogens (tertiary/aromatic N) is 1. The number of anilines is 1. The lowest BCUT2D eigenvalue weighted by Crippen LogP contribution is -2.33. The Hall–Kier alpha value is -0.820. The second-order valence-corrected chi connectivity index (χ2v) is 7.78. The first kappa shape index (κ1) is 15.6. The highest BCUT2D eigenvalue weighted by atomic mass is 35.5. The van der Waals surface area contributed by atoms with Gasteiger partial charge >= 0.3 is 0 Å². The molecule has 0 aromatic heterocycles. The third-order valence-corrected chi connectivity index (χ3v) is 5.85. The van der Waals surface area contributed by atoms with Crippen LogP contribution in [0.1, 0.15) is 26.2 Å². The van der Waals surface area contributed by atoms with E-state index in [-0.39, 0.29) is 9.92 Å². The smallest absolute Gasteiger partial charge is 0.243 e. The van der Waals surface area contributed by atoms with Crippen LogP contribution in [0.5, 0.6) is 0 Å². The van der Waals surface area contributed by atoms with Crippen LogP contribution < -0.4 is 5.73 Å². The standard InChI is InChI=1S/C13H19ClN2O3S/c1-13(17)5-2-7-16(8-6-13)20(18,19)10-3-4-12(15)11(14)9-10/h3-4,9,17H,2,5-8,15H2,1H3. The summed E-state index contributed by atoms with van der Waals surface area (Å²) < 4.78 is 26.5. The van der Waals surface area contributed by atoms with Crippen molar-refractivity contribution in [2.75, 3.05) is 18.8 Å². The number of nitrogens with two attached hydrogens (primary N) is 1. The van der Waals surface area contributed by atoms with Crippen molar-refractivity contribution >= 4 is 27.3 Å². The van der Waals surface area contributed by atoms with Crippen LogP contribution >= 0.6 is 11.6 Å². The molecule has 1 aromatic carbocycles. The van der Waals surface area contributed by atoms with E-state index in [4.69, 9.17) is 17.3 Å². The molecule has 0 amide bonds. The summed E-state index contributed by atoms with van der Waals surface area (Å²) >= 11 is 5.89. The lowest BCUT2D eigenvalue weighted by atomic mass is 9.98. The molecule has 1 aliphatic heterocycles. The van der Waals surface area contributed by atoms with Crippen molar-refractivity contribution in [2.24, 2.45) is 0 Å². The zero-order valence-electron chi connectivity index (χ0n) is 11.3. The summed E-state index contributed by atoms with van der Waals surface area (Å²) in [5.74, 6) is 0. The van der Waals surface area contributed by atoms with Crippen molar-refractivity contribution in [3.63, 3.8) is 0 Å². The molecule has 1 saturated heterocycles. The van der Waals surface area contributed by atoms with Crippen LogP contribution in [0.3, 0.4) is 0 Å². The summed E-state index contributed by atoms with van der Waals surface area (Å²) in [5.41, 5.74) is 5.15. The summed E-state index contributed by atoms with van der Waals surface area (Å²) in [7, 11) is -3.59. The number of sulfonamides is 1. The Morgan fingerprint density at radius 3 is 2.70 bits per heavy atom. The number of halogens is 1. The van der Waals surface area contributed by atoms with Gasteiger partial charge in [0.15, 0.2) is 0 Å². The molecule has 1 aliphatic rings. The van der Waals surface area contributed by atoms with Crippen LogP contribution in [0, 0.1) is 0 Å². The molecule has 1 aromatic rings. The maximum atomic E-state index is 12.6. The lowest BCUT2D eigenvalue weighted by molar-refractivity contribution is 0.0465. The number of benzene rings is 1. The van der Waals surface area contributed by atoms with E-state index in [1.807, 2.05) is 0 Å². The topological polar surface area (TPSA) is 83.6 Å². The van der Waals surface area contributed by atoms with Crippen LogP contribution in [0.15, 0.2) is 23.1 Å². The van der Waals surface area contributed by atoms with Gasteiger partial charge in [-0.1, -0.05) is 11.6 Å². The normalized spacial score (nSPS) is 25.4. The first-order chi connectivity index (χ1) is 9.22. The minimum atomic E-state index is -3.59. The SMILES string of the molecule is CC1(O)CCCN(S(=O)(=O)c2ccc(N)c(Cl)c2)CC1. The first-order valence-corrected chi connectivity index (χ1v) is 8.32. The van der Waals surface area contributed by atoms with Crippen LogP contribution in [0.4, 0.5) is 5.69 Å². The van der Waals surface area contributed by atoms with Gasteiger partial charge in [0.05, 0.1) is 21.2 Å². The number of nitrogen functional groups attached to an aromatic ring is 1. The van der Waals surface area contributed by atoms with E-state index in [0.29, 0.717) is 38.0 Å². The van der Waals surface area contributed by atoms with Crippen molar-refractivity contribution in [3.05, 3.63) is 23.2 Å². The molecule has 1 unspecified atom stereocenters. The van der Waals surface area contributed by atoms with Gasteiger partial charge < -0.3 is 10.8 Å². The van der Waals surface area contributed by atoms with Crippen molar-refractivity contribution in [3.8, 4) is 0 Å². The molecule has 1 atom stereocenters. The van der Waals surface area contributed by atoms with Gasteiger partial charge in [-0.2, -0.15) is 4.31 Å². The van der Waals surface area contributed by atoms with Gasteiger partial charge in [0, 0.05) is 13.1 Å². The quantitative estimate of drug-likeness (QED) is 0.815. The second kappa shape index (κ2) is 5.52. The fourth-order valence-electron chi connectivity index (χ4n) is 2.30. The summed E-state index contributed by atoms with van der Waals surface area (Å²) in [6.07, 6.45) is 1.66. The summed E-state index contributed by atoms with van der Waals surface area (Å²) in [5, 5.41) is 10.3. The largest absolute Gasteiger partial charge is 0.398 e. The van der Waals surface area contributed by atoms with Crippen LogP contribution in [-0.4, -0.2) is 36.5 Å². The molecule has 0 saturated carbocycles. The summed E-state index contributed by atoms with van der Waals surface area (Å²) in [6.45, 7) is 2.45. The molecule has 5 nitrogen and oxygen atoms in total. The van der Waals surface area contributed by atoms with E-state index in [0.717, 1.165) is 0 Å². The Balaban J connectivity index is 2.28. The predicted molar refractivity (Wildman–Crippen MR) is 79.1 cm³/mol. The Kier molecular flexibility index (Phi) is 4.30. The Bertz CT molecular complexity index is 602.